The van der Waals surface area contributed by atoms with Crippen LogP contribution in [0.4, 0.5) is 0 Å². The van der Waals surface area contributed by atoms with Gasteiger partial charge in [-0.3, -0.25) is 4.79 Å². The molecule has 304 valence electrons. The van der Waals surface area contributed by atoms with Crippen LogP contribution < -0.4 is 5.32 Å². The molecule has 0 fully saturated rings. The number of allylic oxidation sites excluding steroid dienone is 2. The highest BCUT2D eigenvalue weighted by atomic mass is 16.3. The van der Waals surface area contributed by atoms with Crippen molar-refractivity contribution in [3.8, 4) is 0 Å². The maximum absolute atomic E-state index is 12.5. The summed E-state index contributed by atoms with van der Waals surface area (Å²) >= 11 is 0. The van der Waals surface area contributed by atoms with Crippen LogP contribution in [-0.2, 0) is 4.79 Å². The second kappa shape index (κ2) is 40.2. The van der Waals surface area contributed by atoms with Crippen molar-refractivity contribution in [2.24, 2.45) is 0 Å². The summed E-state index contributed by atoms with van der Waals surface area (Å²) in [6.45, 7) is 4.05. The normalized spacial score (nSPS) is 14.2. The molecule has 0 saturated heterocycles. The summed E-state index contributed by atoms with van der Waals surface area (Å²) in [5.74, 6) is -0.590. The highest BCUT2D eigenvalue weighted by molar-refractivity contribution is 5.80. The van der Waals surface area contributed by atoms with E-state index >= 15 is 0 Å². The summed E-state index contributed by atoms with van der Waals surface area (Å²) < 4.78 is 0. The lowest BCUT2D eigenvalue weighted by Crippen LogP contribution is -2.53. The molecule has 0 radical (unpaired) electrons. The van der Waals surface area contributed by atoms with Gasteiger partial charge in [-0.1, -0.05) is 212 Å². The summed E-state index contributed by atoms with van der Waals surface area (Å²) in [6.07, 6.45) is 43.9. The first kappa shape index (κ1) is 50.1. The smallest absolute Gasteiger partial charge is 0.249 e. The van der Waals surface area contributed by atoms with Gasteiger partial charge in [-0.25, -0.2) is 0 Å². The molecule has 0 aliphatic carbocycles. The molecule has 0 aliphatic heterocycles. The number of nitrogens with one attached hydrogen (secondary N) is 1. The molecule has 4 atom stereocenters. The molecule has 6 heteroatoms. The van der Waals surface area contributed by atoms with Crippen LogP contribution in [0, 0.1) is 0 Å². The molecule has 0 heterocycles. The van der Waals surface area contributed by atoms with Gasteiger partial charge < -0.3 is 25.7 Å². The first-order chi connectivity index (χ1) is 25.0. The van der Waals surface area contributed by atoms with Crippen molar-refractivity contribution in [1.29, 1.82) is 0 Å². The zero-order valence-electron chi connectivity index (χ0n) is 34.1. The van der Waals surface area contributed by atoms with Crippen LogP contribution in [0.15, 0.2) is 12.2 Å². The molecule has 51 heavy (non-hydrogen) atoms. The molecule has 4 unspecified atom stereocenters. The van der Waals surface area contributed by atoms with Gasteiger partial charge in [-0.15, -0.1) is 0 Å². The van der Waals surface area contributed by atoms with E-state index in [1.54, 1.807) is 0 Å². The summed E-state index contributed by atoms with van der Waals surface area (Å²) in [5, 5.41) is 43.7. The van der Waals surface area contributed by atoms with Crippen LogP contribution in [0.2, 0.25) is 0 Å². The zero-order valence-corrected chi connectivity index (χ0v) is 34.1. The average Bonchev–Trinajstić information content (AvgIpc) is 3.13. The molecule has 6 nitrogen and oxygen atoms in total. The van der Waals surface area contributed by atoms with Crippen LogP contribution in [-0.4, -0.2) is 57.3 Å². The predicted octanol–water partition coefficient (Wildman–Crippen LogP) is 11.8. The van der Waals surface area contributed by atoms with E-state index in [0.29, 0.717) is 12.8 Å². The van der Waals surface area contributed by atoms with Crippen LogP contribution >= 0.6 is 0 Å². The van der Waals surface area contributed by atoms with E-state index < -0.39 is 36.9 Å². The lowest BCUT2D eigenvalue weighted by Gasteiger charge is -2.27. The first-order valence-corrected chi connectivity index (χ1v) is 22.6. The minimum absolute atomic E-state index is 0.368. The fourth-order valence-corrected chi connectivity index (χ4v) is 7.11. The Kier molecular flexibility index (Phi) is 39.5. The molecule has 0 aromatic carbocycles. The highest BCUT2D eigenvalue weighted by Gasteiger charge is 2.28. The second-order valence-electron chi connectivity index (χ2n) is 15.8. The Labute approximate surface area is 317 Å². The number of hydrogen-bond acceptors (Lipinski definition) is 5. The zero-order chi connectivity index (χ0) is 37.5. The molecule has 0 aromatic heterocycles. The third-order valence-electron chi connectivity index (χ3n) is 10.7. The fraction of sp³-hybridized carbons (Fsp3) is 0.933. The molecule has 0 aromatic rings. The van der Waals surface area contributed by atoms with Gasteiger partial charge in [0.1, 0.15) is 12.2 Å². The van der Waals surface area contributed by atoms with Crippen LogP contribution in [0.1, 0.15) is 239 Å². The van der Waals surface area contributed by atoms with Gasteiger partial charge in [0.05, 0.1) is 18.8 Å². The van der Waals surface area contributed by atoms with Crippen molar-refractivity contribution in [3.05, 3.63) is 12.2 Å². The number of aliphatic hydroxyl groups is 4. The quantitative estimate of drug-likeness (QED) is 0.0319. The Morgan fingerprint density at radius 3 is 1.18 bits per heavy atom. The van der Waals surface area contributed by atoms with E-state index in [-0.39, 0.29) is 0 Å². The maximum Gasteiger partial charge on any atom is 0.249 e. The topological polar surface area (TPSA) is 110 Å². The summed E-state index contributed by atoms with van der Waals surface area (Å²) in [6, 6.07) is -0.996. The van der Waals surface area contributed by atoms with E-state index in [0.717, 1.165) is 38.5 Å². The number of unbranched alkanes of at least 4 members (excludes halogenated alkanes) is 30. The van der Waals surface area contributed by atoms with Crippen LogP contribution in [0.5, 0.6) is 0 Å². The molecule has 1 amide bonds. The van der Waals surface area contributed by atoms with Crippen molar-refractivity contribution in [1.82, 2.24) is 5.32 Å². The van der Waals surface area contributed by atoms with Crippen LogP contribution in [0.3, 0.4) is 0 Å². The van der Waals surface area contributed by atoms with Crippen molar-refractivity contribution in [2.45, 2.75) is 263 Å². The number of rotatable bonds is 41. The molecule has 0 saturated carbocycles. The number of aliphatic hydroxyl groups excluding tert-OH is 4. The van der Waals surface area contributed by atoms with E-state index in [2.05, 4.69) is 31.3 Å². The molecule has 0 rings (SSSR count). The minimum atomic E-state index is -1.28. The number of carbonyl (C=O) groups is 1. The van der Waals surface area contributed by atoms with Crippen molar-refractivity contribution in [3.63, 3.8) is 0 Å². The monoisotopic (exact) mass is 724 g/mol. The fourth-order valence-electron chi connectivity index (χ4n) is 7.11. The molecule has 0 bridgehead atoms. The molecular formula is C45H89NO5. The van der Waals surface area contributed by atoms with Gasteiger partial charge in [-0.2, -0.15) is 0 Å². The molecular weight excluding hydrogens is 634 g/mol. The van der Waals surface area contributed by atoms with Crippen molar-refractivity contribution in [2.75, 3.05) is 6.61 Å². The Morgan fingerprint density at radius 1 is 0.471 bits per heavy atom. The first-order valence-electron chi connectivity index (χ1n) is 22.6. The van der Waals surface area contributed by atoms with Gasteiger partial charge >= 0.3 is 0 Å². The summed E-state index contributed by atoms with van der Waals surface area (Å²) in [4.78, 5) is 12.5. The van der Waals surface area contributed by atoms with E-state index in [9.17, 15) is 25.2 Å². The Bertz CT molecular complexity index is 731. The SMILES string of the molecule is CCCCCCCCCCCCCCCC/C=C/CCCC(O)C(O)C(CO)NC(=O)C(O)CCCCCCCCCCCCCCCCCC. The third kappa shape index (κ3) is 34.6. The maximum atomic E-state index is 12.5. The average molecular weight is 724 g/mol. The van der Waals surface area contributed by atoms with E-state index in [1.165, 1.54) is 173 Å². The predicted molar refractivity (Wildman–Crippen MR) is 219 cm³/mol. The van der Waals surface area contributed by atoms with Crippen molar-refractivity contribution >= 4 is 5.91 Å². The lowest BCUT2D eigenvalue weighted by atomic mass is 10.00. The largest absolute Gasteiger partial charge is 0.394 e. The van der Waals surface area contributed by atoms with Gasteiger partial charge in [0.15, 0.2) is 0 Å². The van der Waals surface area contributed by atoms with E-state index in [1.807, 2.05) is 0 Å². The summed E-state index contributed by atoms with van der Waals surface area (Å²) in [7, 11) is 0. The van der Waals surface area contributed by atoms with Crippen molar-refractivity contribution < 1.29 is 25.2 Å². The van der Waals surface area contributed by atoms with Crippen LogP contribution in [0.25, 0.3) is 0 Å². The van der Waals surface area contributed by atoms with E-state index in [4.69, 9.17) is 0 Å². The number of hydrogen-bond donors (Lipinski definition) is 5. The summed E-state index contributed by atoms with van der Waals surface area (Å²) in [5.41, 5.74) is 0. The molecule has 0 aliphatic rings. The Morgan fingerprint density at radius 2 is 0.804 bits per heavy atom. The lowest BCUT2D eigenvalue weighted by molar-refractivity contribution is -0.132. The minimum Gasteiger partial charge on any atom is -0.394 e. The third-order valence-corrected chi connectivity index (χ3v) is 10.7. The molecule has 5 N–H and O–H groups in total. The standard InChI is InChI=1S/C45H89NO5/c1-3-5-7-9-11-13-15-17-19-21-22-23-25-26-28-30-32-34-36-38-42(48)44(50)41(40-47)46-45(51)43(49)39-37-35-33-31-29-27-24-20-18-16-14-12-10-8-6-4-2/h30,32,41-44,47-50H,3-29,31,33-40H2,1-2H3,(H,46,51)/b32-30+. The Balaban J connectivity index is 3.74. The van der Waals surface area contributed by atoms with Gasteiger partial charge in [0.2, 0.25) is 5.91 Å². The highest BCUT2D eigenvalue weighted by Crippen LogP contribution is 2.16. The van der Waals surface area contributed by atoms with Gasteiger partial charge in [0.25, 0.3) is 0 Å². The second-order valence-corrected chi connectivity index (χ2v) is 15.8. The van der Waals surface area contributed by atoms with Gasteiger partial charge in [-0.05, 0) is 38.5 Å². The number of carbonyl (C=O) groups excluding carboxylic acids is 1. The molecule has 0 spiro atoms. The number of amides is 1. The van der Waals surface area contributed by atoms with Gasteiger partial charge in [0, 0.05) is 0 Å². The Hall–Kier alpha value is -0.950.